The van der Waals surface area contributed by atoms with E-state index in [1.165, 1.54) is 0 Å². The van der Waals surface area contributed by atoms with Gasteiger partial charge in [0.2, 0.25) is 5.88 Å². The summed E-state index contributed by atoms with van der Waals surface area (Å²) in [7, 11) is -8.14. The minimum Gasteiger partial charge on any atom is -0.465 e. The molecule has 0 fully saturated rings. The third-order valence-electron chi connectivity index (χ3n) is 8.93. The van der Waals surface area contributed by atoms with Crippen molar-refractivity contribution in [3.05, 3.63) is 121 Å². The average Bonchev–Trinajstić information content (AvgIpc) is 3.63. The Hall–Kier alpha value is -4.62. The number of rotatable bonds is 15. The van der Waals surface area contributed by atoms with Crippen LogP contribution in [0, 0.1) is 0 Å². The summed E-state index contributed by atoms with van der Waals surface area (Å²) in [6.45, 7) is 3.01. The van der Waals surface area contributed by atoms with Crippen molar-refractivity contribution < 1.29 is 35.4 Å². The standard InChI is InChI=1S/C39H42N2O8S2/c1-2-29(25-38-40(21-9-11-23-50(42,43)44)34-27-32(17-19-36(34)48-38)30-13-5-3-6-14-30)26-39-41(22-10-12-24-51(45,46)47)35-28-33(18-20-37(35)49-39)31-15-7-4-8-16-31/h3-8,13-20,25-28,38H,2,9-12,21-24H2,1H3,(H,42,43,44)(H,45,46,47). The quantitative estimate of drug-likeness (QED) is 0.0917. The van der Waals surface area contributed by atoms with Crippen LogP contribution < -0.4 is 19.3 Å². The Bertz CT molecular complexity index is 2120. The summed E-state index contributed by atoms with van der Waals surface area (Å²) in [5, 5.41) is 0. The molecule has 0 saturated carbocycles. The van der Waals surface area contributed by atoms with Gasteiger partial charge < -0.3 is 19.3 Å². The van der Waals surface area contributed by atoms with Gasteiger partial charge in [0.1, 0.15) is 5.75 Å². The molecule has 2 N–H and O–H groups in total. The lowest BCUT2D eigenvalue weighted by Gasteiger charge is -2.24. The number of fused-ring (bicyclic) bond motifs is 2. The summed E-state index contributed by atoms with van der Waals surface area (Å²) in [5.41, 5.74) is 6.87. The lowest BCUT2D eigenvalue weighted by atomic mass is 10.0. The first kappa shape index (κ1) is 36.2. The van der Waals surface area contributed by atoms with Crippen molar-refractivity contribution in [2.45, 2.75) is 45.3 Å². The highest BCUT2D eigenvalue weighted by molar-refractivity contribution is 7.86. The molecule has 0 bridgehead atoms. The van der Waals surface area contributed by atoms with E-state index in [1.54, 1.807) is 0 Å². The van der Waals surface area contributed by atoms with Gasteiger partial charge in [-0.25, -0.2) is 0 Å². The predicted molar refractivity (Wildman–Crippen MR) is 201 cm³/mol. The molecule has 0 amide bonds. The lowest BCUT2D eigenvalue weighted by Crippen LogP contribution is -2.34. The van der Waals surface area contributed by atoms with Crippen molar-refractivity contribution in [2.24, 2.45) is 0 Å². The largest absolute Gasteiger partial charge is 0.465 e. The minimum absolute atomic E-state index is 0.290. The number of benzene rings is 4. The summed E-state index contributed by atoms with van der Waals surface area (Å²) >= 11 is 0. The summed E-state index contributed by atoms with van der Waals surface area (Å²) in [6, 6.07) is 32.1. The zero-order valence-corrected chi connectivity index (χ0v) is 30.0. The van der Waals surface area contributed by atoms with E-state index < -0.39 is 26.5 Å². The van der Waals surface area contributed by atoms with E-state index in [2.05, 4.69) is 17.0 Å². The van der Waals surface area contributed by atoms with Crippen LogP contribution >= 0.6 is 0 Å². The fourth-order valence-electron chi connectivity index (χ4n) is 6.33. The fraction of sp³-hybridized carbons (Fsp3) is 0.282. The molecule has 268 valence electrons. The fourth-order valence-corrected chi connectivity index (χ4v) is 7.47. The van der Waals surface area contributed by atoms with Crippen molar-refractivity contribution in [2.75, 3.05) is 34.4 Å². The number of allylic oxidation sites excluding steroid dienone is 2. The molecule has 0 spiro atoms. The van der Waals surface area contributed by atoms with Gasteiger partial charge in [0.05, 0.1) is 22.9 Å². The average molecular weight is 731 g/mol. The maximum Gasteiger partial charge on any atom is 0.264 e. The third-order valence-corrected chi connectivity index (χ3v) is 10.5. The second-order valence-electron chi connectivity index (χ2n) is 12.6. The summed E-state index contributed by atoms with van der Waals surface area (Å²) in [6.07, 6.45) is 5.79. The summed E-state index contributed by atoms with van der Waals surface area (Å²) < 4.78 is 77.1. The van der Waals surface area contributed by atoms with E-state index in [0.717, 1.165) is 39.2 Å². The van der Waals surface area contributed by atoms with Crippen LogP contribution in [0.3, 0.4) is 0 Å². The smallest absolute Gasteiger partial charge is 0.264 e. The van der Waals surface area contributed by atoms with E-state index in [9.17, 15) is 25.9 Å². The van der Waals surface area contributed by atoms with Crippen molar-refractivity contribution in [1.82, 2.24) is 0 Å². The number of hydrogen-bond acceptors (Lipinski definition) is 8. The molecule has 4 aromatic carbocycles. The van der Waals surface area contributed by atoms with E-state index in [-0.39, 0.29) is 11.5 Å². The van der Waals surface area contributed by atoms with E-state index in [0.29, 0.717) is 62.6 Å². The second kappa shape index (κ2) is 15.7. The molecule has 0 saturated heterocycles. The molecule has 0 aromatic heterocycles. The first-order chi connectivity index (χ1) is 24.5. The number of ether oxygens (including phenoxy) is 2. The highest BCUT2D eigenvalue weighted by Crippen LogP contribution is 2.43. The number of unbranched alkanes of at least 4 members (excludes halogenated alkanes) is 2. The Labute approximate surface area is 300 Å². The molecule has 2 aliphatic rings. The van der Waals surface area contributed by atoms with Gasteiger partial charge in [-0.3, -0.25) is 9.11 Å². The van der Waals surface area contributed by atoms with Crippen LogP contribution in [-0.2, 0) is 20.2 Å². The van der Waals surface area contributed by atoms with Gasteiger partial charge in [-0.05, 0) is 90.3 Å². The molecular weight excluding hydrogens is 689 g/mol. The molecule has 10 nitrogen and oxygen atoms in total. The van der Waals surface area contributed by atoms with Gasteiger partial charge in [0.25, 0.3) is 20.2 Å². The molecule has 2 aliphatic heterocycles. The second-order valence-corrected chi connectivity index (χ2v) is 15.8. The van der Waals surface area contributed by atoms with Gasteiger partial charge in [-0.2, -0.15) is 16.8 Å². The van der Waals surface area contributed by atoms with Gasteiger partial charge in [-0.1, -0.05) is 79.7 Å². The number of hydrogen-bond donors (Lipinski definition) is 2. The minimum atomic E-state index is -4.07. The molecule has 6 rings (SSSR count). The third kappa shape index (κ3) is 9.39. The van der Waals surface area contributed by atoms with Gasteiger partial charge in [0.15, 0.2) is 12.0 Å². The van der Waals surface area contributed by atoms with Crippen LogP contribution in [0.4, 0.5) is 11.4 Å². The van der Waals surface area contributed by atoms with Crippen molar-refractivity contribution in [3.8, 4) is 33.8 Å². The molecule has 1 unspecified atom stereocenters. The molecular formula is C39H42N2O8S2. The molecule has 0 aliphatic carbocycles. The van der Waals surface area contributed by atoms with Gasteiger partial charge in [0, 0.05) is 19.2 Å². The normalized spacial score (nSPS) is 16.6. The Morgan fingerprint density at radius 2 is 1.24 bits per heavy atom. The van der Waals surface area contributed by atoms with Crippen LogP contribution in [-0.4, -0.2) is 56.8 Å². The van der Waals surface area contributed by atoms with Crippen LogP contribution in [0.25, 0.3) is 22.3 Å². The highest BCUT2D eigenvalue weighted by atomic mass is 32.2. The van der Waals surface area contributed by atoms with E-state index in [4.69, 9.17) is 9.47 Å². The Kier molecular flexibility index (Phi) is 11.2. The van der Waals surface area contributed by atoms with Crippen LogP contribution in [0.1, 0.15) is 39.0 Å². The number of nitrogens with zero attached hydrogens (tertiary/aromatic N) is 2. The van der Waals surface area contributed by atoms with Crippen molar-refractivity contribution in [3.63, 3.8) is 0 Å². The Morgan fingerprint density at radius 3 is 1.80 bits per heavy atom. The van der Waals surface area contributed by atoms with Crippen LogP contribution in [0.15, 0.2) is 121 Å². The van der Waals surface area contributed by atoms with E-state index in [1.807, 2.05) is 109 Å². The predicted octanol–water partition coefficient (Wildman–Crippen LogP) is 7.96. The Balaban J connectivity index is 1.30. The first-order valence-corrected chi connectivity index (χ1v) is 20.3. The molecule has 51 heavy (non-hydrogen) atoms. The zero-order valence-electron chi connectivity index (χ0n) is 28.4. The SMILES string of the molecule is CCC(=CC1Oc2ccc(-c3ccccc3)cc2N1CCCCS(=O)(=O)O)C=C1Oc2ccc(-c3ccccc3)cc2N1CCCCS(=O)(=O)O. The zero-order chi connectivity index (χ0) is 36.0. The molecule has 12 heteroatoms. The van der Waals surface area contributed by atoms with E-state index >= 15 is 0 Å². The maximum atomic E-state index is 11.4. The molecule has 1 atom stereocenters. The molecule has 0 radical (unpaired) electrons. The highest BCUT2D eigenvalue weighted by Gasteiger charge is 2.31. The van der Waals surface area contributed by atoms with Crippen LogP contribution in [0.2, 0.25) is 0 Å². The van der Waals surface area contributed by atoms with Crippen molar-refractivity contribution >= 4 is 31.6 Å². The lowest BCUT2D eigenvalue weighted by molar-refractivity contribution is 0.271. The van der Waals surface area contributed by atoms with Crippen molar-refractivity contribution in [1.29, 1.82) is 0 Å². The first-order valence-electron chi connectivity index (χ1n) is 17.1. The Morgan fingerprint density at radius 1 is 0.686 bits per heavy atom. The summed E-state index contributed by atoms with van der Waals surface area (Å²) in [4.78, 5) is 4.15. The molecule has 4 aromatic rings. The monoisotopic (exact) mass is 730 g/mol. The van der Waals surface area contributed by atoms with Crippen LogP contribution in [0.5, 0.6) is 11.5 Å². The number of anilines is 2. The maximum absolute atomic E-state index is 11.4. The topological polar surface area (TPSA) is 134 Å². The summed E-state index contributed by atoms with van der Waals surface area (Å²) in [5.74, 6) is 1.37. The van der Waals surface area contributed by atoms with Gasteiger partial charge >= 0.3 is 0 Å². The molecule has 2 heterocycles. The van der Waals surface area contributed by atoms with Gasteiger partial charge in [-0.15, -0.1) is 0 Å².